The first-order valence-electron chi connectivity index (χ1n) is 9.50. The van der Waals surface area contributed by atoms with Crippen molar-refractivity contribution in [2.45, 2.75) is 19.4 Å². The van der Waals surface area contributed by atoms with Gasteiger partial charge in [-0.3, -0.25) is 14.4 Å². The van der Waals surface area contributed by atoms with Crippen LogP contribution in [0.2, 0.25) is 5.02 Å². The molecule has 29 heavy (non-hydrogen) atoms. The Bertz CT molecular complexity index is 1100. The molecule has 1 aromatic heterocycles. The molecular formula is C22H20ClN3O3. The summed E-state index contributed by atoms with van der Waals surface area (Å²) in [5.74, 6) is -1.43. The molecule has 1 fully saturated rings. The molecule has 0 radical (unpaired) electrons. The lowest BCUT2D eigenvalue weighted by molar-refractivity contribution is -0.130. The quantitative estimate of drug-likeness (QED) is 0.515. The summed E-state index contributed by atoms with van der Waals surface area (Å²) in [5.41, 5.74) is 1.38. The average Bonchev–Trinajstić information content (AvgIpc) is 3.38. The largest absolute Gasteiger partial charge is 0.341 e. The standard InChI is InChI=1S/C22H20ClN3O3/c23-17-8-2-3-9-18(17)24-22(29)21(28)16-13-26(19-10-4-1-7-15(16)19)14-20(27)25-11-5-6-12-25/h1-4,7-10,13H,5-6,11-12,14H2,(H,24,29). The highest BCUT2D eigenvalue weighted by Gasteiger charge is 2.24. The molecular weight excluding hydrogens is 390 g/mol. The van der Waals surface area contributed by atoms with Crippen LogP contribution in [0.1, 0.15) is 23.2 Å². The predicted octanol–water partition coefficient (Wildman–Crippen LogP) is 3.74. The Balaban J connectivity index is 1.61. The minimum atomic E-state index is -0.771. The van der Waals surface area contributed by atoms with Gasteiger partial charge in [-0.05, 0) is 31.0 Å². The second kappa shape index (κ2) is 8.09. The summed E-state index contributed by atoms with van der Waals surface area (Å²) in [6.07, 6.45) is 3.63. The molecule has 7 heteroatoms. The summed E-state index contributed by atoms with van der Waals surface area (Å²) in [4.78, 5) is 39.8. The zero-order chi connectivity index (χ0) is 20.4. The maximum absolute atomic E-state index is 12.9. The number of nitrogens with zero attached hydrogens (tertiary/aromatic N) is 2. The molecule has 0 aliphatic carbocycles. The smallest absolute Gasteiger partial charge is 0.296 e. The minimum absolute atomic E-state index is 0.0165. The van der Waals surface area contributed by atoms with Crippen molar-refractivity contribution in [2.24, 2.45) is 0 Å². The van der Waals surface area contributed by atoms with E-state index in [1.165, 1.54) is 0 Å². The first-order chi connectivity index (χ1) is 14.0. The Labute approximate surface area is 173 Å². The van der Waals surface area contributed by atoms with E-state index >= 15 is 0 Å². The summed E-state index contributed by atoms with van der Waals surface area (Å²) in [6.45, 7) is 1.67. The molecule has 4 rings (SSSR count). The number of Topliss-reactive ketones (excluding diaryl/α,β-unsaturated/α-hetero) is 1. The van der Waals surface area contributed by atoms with Gasteiger partial charge in [-0.15, -0.1) is 0 Å². The Kier molecular flexibility index (Phi) is 5.36. The van der Waals surface area contributed by atoms with Crippen molar-refractivity contribution >= 4 is 45.8 Å². The maximum Gasteiger partial charge on any atom is 0.296 e. The van der Waals surface area contributed by atoms with Crippen LogP contribution in [0, 0.1) is 0 Å². The average molecular weight is 410 g/mol. The number of para-hydroxylation sites is 2. The molecule has 0 unspecified atom stereocenters. The molecule has 2 amide bonds. The van der Waals surface area contributed by atoms with Gasteiger partial charge in [0, 0.05) is 30.2 Å². The van der Waals surface area contributed by atoms with Gasteiger partial charge in [-0.1, -0.05) is 41.9 Å². The lowest BCUT2D eigenvalue weighted by Crippen LogP contribution is -2.30. The van der Waals surface area contributed by atoms with Crippen molar-refractivity contribution in [3.63, 3.8) is 0 Å². The lowest BCUT2D eigenvalue weighted by atomic mass is 10.1. The summed E-state index contributed by atoms with van der Waals surface area (Å²) in [6, 6.07) is 14.0. The Morgan fingerprint density at radius 2 is 1.66 bits per heavy atom. The van der Waals surface area contributed by atoms with E-state index in [9.17, 15) is 14.4 Å². The Morgan fingerprint density at radius 1 is 0.966 bits per heavy atom. The van der Waals surface area contributed by atoms with Gasteiger partial charge in [0.1, 0.15) is 6.54 Å². The molecule has 1 aliphatic heterocycles. The number of anilines is 1. The van der Waals surface area contributed by atoms with Crippen LogP contribution in [0.3, 0.4) is 0 Å². The van der Waals surface area contributed by atoms with E-state index in [-0.39, 0.29) is 18.0 Å². The van der Waals surface area contributed by atoms with Gasteiger partial charge >= 0.3 is 0 Å². The van der Waals surface area contributed by atoms with E-state index < -0.39 is 11.7 Å². The van der Waals surface area contributed by atoms with Gasteiger partial charge in [0.2, 0.25) is 5.91 Å². The number of carbonyl (C=O) groups is 3. The number of benzene rings is 2. The lowest BCUT2D eigenvalue weighted by Gasteiger charge is -2.15. The number of fused-ring (bicyclic) bond motifs is 1. The maximum atomic E-state index is 12.9. The van der Waals surface area contributed by atoms with E-state index in [0.29, 0.717) is 16.1 Å². The van der Waals surface area contributed by atoms with Crippen LogP contribution in [0.25, 0.3) is 10.9 Å². The van der Waals surface area contributed by atoms with E-state index in [4.69, 9.17) is 11.6 Å². The van der Waals surface area contributed by atoms with Crippen molar-refractivity contribution in [1.82, 2.24) is 9.47 Å². The number of ketones is 1. The van der Waals surface area contributed by atoms with Crippen LogP contribution in [-0.2, 0) is 16.1 Å². The highest BCUT2D eigenvalue weighted by Crippen LogP contribution is 2.24. The third-order valence-electron chi connectivity index (χ3n) is 5.13. The third-order valence-corrected chi connectivity index (χ3v) is 5.46. The summed E-state index contributed by atoms with van der Waals surface area (Å²) >= 11 is 6.07. The normalized spacial score (nSPS) is 13.6. The molecule has 1 aliphatic rings. The Morgan fingerprint density at radius 3 is 2.41 bits per heavy atom. The molecule has 6 nitrogen and oxygen atoms in total. The van der Waals surface area contributed by atoms with Crippen molar-refractivity contribution in [3.05, 3.63) is 65.3 Å². The summed E-state index contributed by atoms with van der Waals surface area (Å²) in [5, 5.41) is 3.56. The SMILES string of the molecule is O=C(Nc1ccccc1Cl)C(=O)c1cn(CC(=O)N2CCCC2)c2ccccc12. The van der Waals surface area contributed by atoms with Crippen molar-refractivity contribution in [2.75, 3.05) is 18.4 Å². The van der Waals surface area contributed by atoms with E-state index in [2.05, 4.69) is 5.32 Å². The fraction of sp³-hybridized carbons (Fsp3) is 0.227. The van der Waals surface area contributed by atoms with Crippen LogP contribution >= 0.6 is 11.6 Å². The zero-order valence-electron chi connectivity index (χ0n) is 15.7. The van der Waals surface area contributed by atoms with Crippen LogP contribution in [-0.4, -0.2) is 40.2 Å². The molecule has 0 atom stereocenters. The molecule has 0 spiro atoms. The van der Waals surface area contributed by atoms with Crippen molar-refractivity contribution < 1.29 is 14.4 Å². The number of hydrogen-bond acceptors (Lipinski definition) is 3. The molecule has 1 saturated heterocycles. The highest BCUT2D eigenvalue weighted by atomic mass is 35.5. The summed E-state index contributed by atoms with van der Waals surface area (Å²) < 4.78 is 1.74. The van der Waals surface area contributed by atoms with Gasteiger partial charge in [0.15, 0.2) is 0 Å². The van der Waals surface area contributed by atoms with E-state index in [0.717, 1.165) is 31.4 Å². The van der Waals surface area contributed by atoms with E-state index in [1.54, 1.807) is 47.2 Å². The van der Waals surface area contributed by atoms with Gasteiger partial charge < -0.3 is 14.8 Å². The second-order valence-electron chi connectivity index (χ2n) is 7.04. The van der Waals surface area contributed by atoms with Gasteiger partial charge in [-0.25, -0.2) is 0 Å². The first-order valence-corrected chi connectivity index (χ1v) is 9.88. The van der Waals surface area contributed by atoms with Crippen LogP contribution in [0.4, 0.5) is 5.69 Å². The molecule has 1 N–H and O–H groups in total. The topological polar surface area (TPSA) is 71.4 Å². The second-order valence-corrected chi connectivity index (χ2v) is 7.45. The fourth-order valence-corrected chi connectivity index (χ4v) is 3.82. The number of likely N-dealkylation sites (tertiary alicyclic amines) is 1. The molecule has 3 aromatic rings. The molecule has 2 aromatic carbocycles. The first kappa shape index (κ1) is 19.2. The van der Waals surface area contributed by atoms with Gasteiger partial charge in [0.05, 0.1) is 16.3 Å². The number of carbonyl (C=O) groups excluding carboxylic acids is 3. The molecule has 0 bridgehead atoms. The Hall–Kier alpha value is -3.12. The van der Waals surface area contributed by atoms with Crippen LogP contribution in [0.15, 0.2) is 54.7 Å². The van der Waals surface area contributed by atoms with Crippen molar-refractivity contribution in [1.29, 1.82) is 0 Å². The molecule has 148 valence electrons. The predicted molar refractivity (Wildman–Crippen MR) is 112 cm³/mol. The molecule has 2 heterocycles. The third kappa shape index (κ3) is 3.89. The number of amides is 2. The minimum Gasteiger partial charge on any atom is -0.341 e. The number of rotatable bonds is 5. The number of nitrogens with one attached hydrogen (secondary N) is 1. The van der Waals surface area contributed by atoms with Gasteiger partial charge in [0.25, 0.3) is 11.7 Å². The summed E-state index contributed by atoms with van der Waals surface area (Å²) in [7, 11) is 0. The van der Waals surface area contributed by atoms with E-state index in [1.807, 2.05) is 17.0 Å². The molecule has 0 saturated carbocycles. The number of aromatic nitrogens is 1. The number of hydrogen-bond donors (Lipinski definition) is 1. The van der Waals surface area contributed by atoms with Crippen LogP contribution in [0.5, 0.6) is 0 Å². The fourth-order valence-electron chi connectivity index (χ4n) is 3.63. The van der Waals surface area contributed by atoms with Crippen molar-refractivity contribution in [3.8, 4) is 0 Å². The monoisotopic (exact) mass is 409 g/mol. The number of halogens is 1. The zero-order valence-corrected chi connectivity index (χ0v) is 16.5. The van der Waals surface area contributed by atoms with Crippen LogP contribution < -0.4 is 5.32 Å². The highest BCUT2D eigenvalue weighted by molar-refractivity contribution is 6.49. The van der Waals surface area contributed by atoms with Gasteiger partial charge in [-0.2, -0.15) is 0 Å².